The van der Waals surface area contributed by atoms with Gasteiger partial charge in [0.25, 0.3) is 0 Å². The molecule has 0 fully saturated rings. The summed E-state index contributed by atoms with van der Waals surface area (Å²) in [6.07, 6.45) is 8.52. The predicted molar refractivity (Wildman–Crippen MR) is 55.1 cm³/mol. The summed E-state index contributed by atoms with van der Waals surface area (Å²) in [4.78, 5) is 20.6. The predicted octanol–water partition coefficient (Wildman–Crippen LogP) is 2.04. The van der Waals surface area contributed by atoms with Crippen molar-refractivity contribution in [3.05, 3.63) is 0 Å². The summed E-state index contributed by atoms with van der Waals surface area (Å²) in [6.45, 7) is 2.18. The molecular formula is C10H21CoO3P. The van der Waals surface area contributed by atoms with Gasteiger partial charge in [0.15, 0.2) is 0 Å². The average molecular weight is 279 g/mol. The second kappa shape index (κ2) is 11.2. The zero-order chi connectivity index (χ0) is 10.9. The van der Waals surface area contributed by atoms with Crippen molar-refractivity contribution in [3.63, 3.8) is 0 Å². The van der Waals surface area contributed by atoms with Crippen LogP contribution in [0.4, 0.5) is 0 Å². The topological polar surface area (TPSA) is 63.2 Å². The smallest absolute Gasteiger partial charge is 0.811 e. The standard InChI is InChI=1S/C10H23O3P.Co/c1-2-3-4-5-6-7-8-9-10-14(11,12)13;/h2-10H2,1H3,(H2,11,12,13);/q;+2/p-2. The molecule has 0 aromatic carbocycles. The Morgan fingerprint density at radius 3 is 1.67 bits per heavy atom. The van der Waals surface area contributed by atoms with E-state index in [9.17, 15) is 14.4 Å². The molecule has 0 saturated carbocycles. The molecule has 0 N–H and O–H groups in total. The zero-order valence-corrected chi connectivity index (χ0v) is 11.3. The number of rotatable bonds is 9. The Morgan fingerprint density at radius 2 is 1.27 bits per heavy atom. The summed E-state index contributed by atoms with van der Waals surface area (Å²) in [5.41, 5.74) is 0. The van der Waals surface area contributed by atoms with E-state index in [0.29, 0.717) is 6.42 Å². The molecule has 0 saturated heterocycles. The molecule has 0 heterocycles. The van der Waals surface area contributed by atoms with Crippen molar-refractivity contribution in [2.45, 2.75) is 58.3 Å². The van der Waals surface area contributed by atoms with E-state index in [-0.39, 0.29) is 22.9 Å². The van der Waals surface area contributed by atoms with E-state index >= 15 is 0 Å². The Bertz CT molecular complexity index is 170. The van der Waals surface area contributed by atoms with Crippen LogP contribution in [0.5, 0.6) is 0 Å². The summed E-state index contributed by atoms with van der Waals surface area (Å²) >= 11 is 0. The van der Waals surface area contributed by atoms with Gasteiger partial charge >= 0.3 is 16.8 Å². The molecule has 0 aromatic heterocycles. The molecule has 0 rings (SSSR count). The Morgan fingerprint density at radius 1 is 0.867 bits per heavy atom. The first-order valence-corrected chi connectivity index (χ1v) is 7.30. The van der Waals surface area contributed by atoms with Crippen LogP contribution in [-0.2, 0) is 21.3 Å². The first-order chi connectivity index (χ1) is 6.56. The average Bonchev–Trinajstić information content (AvgIpc) is 2.08. The van der Waals surface area contributed by atoms with Crippen LogP contribution in [0, 0.1) is 0 Å². The Labute approximate surface area is 103 Å². The minimum atomic E-state index is -4.23. The van der Waals surface area contributed by atoms with Crippen molar-refractivity contribution < 1.29 is 31.1 Å². The molecule has 0 aliphatic heterocycles. The van der Waals surface area contributed by atoms with E-state index in [1.807, 2.05) is 0 Å². The maximum Gasteiger partial charge on any atom is 2.00 e. The van der Waals surface area contributed by atoms with Crippen molar-refractivity contribution >= 4 is 7.60 Å². The molecule has 0 atom stereocenters. The molecule has 0 aliphatic carbocycles. The second-order valence-corrected chi connectivity index (χ2v) is 5.48. The van der Waals surface area contributed by atoms with E-state index in [4.69, 9.17) is 0 Å². The van der Waals surface area contributed by atoms with Crippen LogP contribution in [-0.4, -0.2) is 6.16 Å². The van der Waals surface area contributed by atoms with Gasteiger partial charge in [0.1, 0.15) is 0 Å². The molecule has 0 unspecified atom stereocenters. The normalized spacial score (nSPS) is 11.1. The Kier molecular flexibility index (Phi) is 13.4. The third-order valence-electron chi connectivity index (χ3n) is 2.29. The largest absolute Gasteiger partial charge is 2.00 e. The number of hydrogen-bond acceptors (Lipinski definition) is 3. The maximum atomic E-state index is 10.3. The van der Waals surface area contributed by atoms with Gasteiger partial charge in [0.05, 0.1) is 0 Å². The fourth-order valence-corrected chi connectivity index (χ4v) is 2.05. The SMILES string of the molecule is CCCCCCCCCCP(=O)([O-])[O-].[Co+2]. The van der Waals surface area contributed by atoms with Gasteiger partial charge in [-0.15, -0.1) is 0 Å². The Hall–Kier alpha value is 0.656. The van der Waals surface area contributed by atoms with Crippen molar-refractivity contribution in [1.82, 2.24) is 0 Å². The number of unbranched alkanes of at least 4 members (excludes halogenated alkanes) is 7. The Balaban J connectivity index is 0. The van der Waals surface area contributed by atoms with Crippen molar-refractivity contribution in [3.8, 4) is 0 Å². The van der Waals surface area contributed by atoms with Gasteiger partial charge in [0, 0.05) is 0 Å². The van der Waals surface area contributed by atoms with Crippen LogP contribution in [0.25, 0.3) is 0 Å². The molecule has 0 bridgehead atoms. The van der Waals surface area contributed by atoms with E-state index in [1.54, 1.807) is 0 Å². The molecule has 0 amide bonds. The van der Waals surface area contributed by atoms with Crippen LogP contribution in [0.15, 0.2) is 0 Å². The quantitative estimate of drug-likeness (QED) is 0.479. The van der Waals surface area contributed by atoms with Gasteiger partial charge in [-0.3, -0.25) is 0 Å². The molecular weight excluding hydrogens is 258 g/mol. The molecule has 0 aliphatic rings. The van der Waals surface area contributed by atoms with Gasteiger partial charge in [-0.1, -0.05) is 59.5 Å². The molecule has 0 spiro atoms. The molecule has 5 heteroatoms. The first kappa shape index (κ1) is 18.0. The zero-order valence-electron chi connectivity index (χ0n) is 9.37. The molecule has 0 aromatic rings. The van der Waals surface area contributed by atoms with Gasteiger partial charge < -0.3 is 14.4 Å². The third-order valence-corrected chi connectivity index (χ3v) is 3.15. The van der Waals surface area contributed by atoms with E-state index in [0.717, 1.165) is 12.8 Å². The summed E-state index contributed by atoms with van der Waals surface area (Å²) < 4.78 is 10.3. The van der Waals surface area contributed by atoms with Crippen LogP contribution in [0.1, 0.15) is 58.3 Å². The minimum Gasteiger partial charge on any atom is -0.811 e. The van der Waals surface area contributed by atoms with Crippen LogP contribution < -0.4 is 9.79 Å². The molecule has 15 heavy (non-hydrogen) atoms. The first-order valence-electron chi connectivity index (χ1n) is 5.57. The van der Waals surface area contributed by atoms with Gasteiger partial charge in [0.2, 0.25) is 0 Å². The van der Waals surface area contributed by atoms with E-state index < -0.39 is 7.60 Å². The maximum absolute atomic E-state index is 10.3. The molecule has 1 radical (unpaired) electrons. The van der Waals surface area contributed by atoms with Gasteiger partial charge in [-0.05, 0) is 12.6 Å². The minimum absolute atomic E-state index is 0. The summed E-state index contributed by atoms with van der Waals surface area (Å²) in [5, 5.41) is 0. The fraction of sp³-hybridized carbons (Fsp3) is 1.00. The van der Waals surface area contributed by atoms with Crippen LogP contribution in [0.3, 0.4) is 0 Å². The van der Waals surface area contributed by atoms with Crippen LogP contribution in [0.2, 0.25) is 0 Å². The van der Waals surface area contributed by atoms with Crippen LogP contribution >= 0.6 is 7.60 Å². The second-order valence-electron chi connectivity index (χ2n) is 3.81. The fourth-order valence-electron chi connectivity index (χ4n) is 1.44. The van der Waals surface area contributed by atoms with E-state index in [2.05, 4.69) is 6.92 Å². The third kappa shape index (κ3) is 17.3. The summed E-state index contributed by atoms with van der Waals surface area (Å²) in [7, 11) is -4.23. The van der Waals surface area contributed by atoms with E-state index in [1.165, 1.54) is 32.1 Å². The molecule has 93 valence electrons. The number of hydrogen-bond donors (Lipinski definition) is 0. The summed E-state index contributed by atoms with van der Waals surface area (Å²) in [6, 6.07) is 0. The van der Waals surface area contributed by atoms with Crippen molar-refractivity contribution in [1.29, 1.82) is 0 Å². The molecule has 3 nitrogen and oxygen atoms in total. The monoisotopic (exact) mass is 279 g/mol. The van der Waals surface area contributed by atoms with Crippen molar-refractivity contribution in [2.75, 3.05) is 6.16 Å². The summed E-state index contributed by atoms with van der Waals surface area (Å²) in [5.74, 6) is 0. The van der Waals surface area contributed by atoms with Gasteiger partial charge in [-0.25, -0.2) is 0 Å². The van der Waals surface area contributed by atoms with Crippen molar-refractivity contribution in [2.24, 2.45) is 0 Å². The van der Waals surface area contributed by atoms with Gasteiger partial charge in [-0.2, -0.15) is 0 Å².